The van der Waals surface area contributed by atoms with Crippen LogP contribution in [-0.4, -0.2) is 68.6 Å². The molecule has 3 heterocycles. The quantitative estimate of drug-likeness (QED) is 0.183. The number of thiazole rings is 1. The number of ketones is 4. The maximum Gasteiger partial charge on any atom is 0.246 e. The van der Waals surface area contributed by atoms with Gasteiger partial charge >= 0.3 is 0 Å². The Kier molecular flexibility index (Phi) is 11.2. The first-order valence-electron chi connectivity index (χ1n) is 15.6. The second-order valence-corrected chi connectivity index (χ2v) is 14.8. The van der Waals surface area contributed by atoms with E-state index < -0.39 is 41.1 Å². The lowest BCUT2D eigenvalue weighted by Gasteiger charge is -2.35. The number of halogens is 1. The van der Waals surface area contributed by atoms with E-state index in [4.69, 9.17) is 16.3 Å². The number of pyridine rings is 1. The fourth-order valence-electron chi connectivity index (χ4n) is 5.72. The molecule has 0 aromatic carbocycles. The Labute approximate surface area is 273 Å². The maximum absolute atomic E-state index is 14.4. The zero-order chi connectivity index (χ0) is 33.1. The van der Waals surface area contributed by atoms with Crippen molar-refractivity contribution in [1.29, 1.82) is 0 Å². The van der Waals surface area contributed by atoms with Crippen molar-refractivity contribution in [2.45, 2.75) is 105 Å². The SMILES string of the molecule is CCC[C@H](CC(=O)[C@@H]1C[C@@H](Oc2ccc(Cl)cn2)CN1C(=O)[C@@H](Nc1nc(C)c(C(C)=O)s1)C(C)(C)C)C(=O)C(=O)CC1CC1. The molecule has 45 heavy (non-hydrogen) atoms. The van der Waals surface area contributed by atoms with Gasteiger partial charge in [0.1, 0.15) is 12.1 Å². The summed E-state index contributed by atoms with van der Waals surface area (Å²) in [4.78, 5) is 77.0. The lowest BCUT2D eigenvalue weighted by atomic mass is 9.85. The summed E-state index contributed by atoms with van der Waals surface area (Å²) in [5, 5.41) is 4.14. The number of nitrogens with one attached hydrogen (secondary N) is 1. The Balaban J connectivity index is 1.60. The van der Waals surface area contributed by atoms with E-state index in [0.717, 1.165) is 12.8 Å². The van der Waals surface area contributed by atoms with E-state index in [0.29, 0.717) is 39.4 Å². The van der Waals surface area contributed by atoms with Crippen molar-refractivity contribution in [2.24, 2.45) is 17.3 Å². The number of aryl methyl sites for hydroxylation is 1. The number of carbonyl (C=O) groups is 5. The third-order valence-electron chi connectivity index (χ3n) is 8.30. The molecule has 2 fully saturated rings. The van der Waals surface area contributed by atoms with Gasteiger partial charge in [0.15, 0.2) is 22.5 Å². The smallest absolute Gasteiger partial charge is 0.246 e. The summed E-state index contributed by atoms with van der Waals surface area (Å²) in [6.45, 7) is 11.0. The van der Waals surface area contributed by atoms with Crippen molar-refractivity contribution in [2.75, 3.05) is 11.9 Å². The largest absolute Gasteiger partial charge is 0.472 e. The number of Topliss-reactive ketones (excluding diaryl/α,β-unsaturated/α-hetero) is 4. The number of rotatable bonds is 15. The summed E-state index contributed by atoms with van der Waals surface area (Å²) in [7, 11) is 0. The predicted octanol–water partition coefficient (Wildman–Crippen LogP) is 5.89. The van der Waals surface area contributed by atoms with Gasteiger partial charge in [-0.3, -0.25) is 24.0 Å². The molecule has 4 atom stereocenters. The molecule has 0 unspecified atom stereocenters. The average Bonchev–Trinajstić information content (AvgIpc) is 3.55. The summed E-state index contributed by atoms with van der Waals surface area (Å²) in [6.07, 6.45) is 4.23. The molecule has 0 radical (unpaired) electrons. The van der Waals surface area contributed by atoms with Gasteiger partial charge in [-0.2, -0.15) is 0 Å². The molecule has 1 saturated carbocycles. The zero-order valence-corrected chi connectivity index (χ0v) is 28.4. The fourth-order valence-corrected chi connectivity index (χ4v) is 6.72. The van der Waals surface area contributed by atoms with Crippen LogP contribution in [0.4, 0.5) is 5.13 Å². The van der Waals surface area contributed by atoms with Gasteiger partial charge in [-0.05, 0) is 43.6 Å². The van der Waals surface area contributed by atoms with E-state index in [-0.39, 0.29) is 49.2 Å². The molecular weight excluding hydrogens is 616 g/mol. The standard InChI is InChI=1S/C33H43ClN4O6S/c1-7-8-21(28(42)26(41)13-20-9-10-20)14-25(40)24-15-23(44-27-12-11-22(34)16-35-27)17-38(24)31(43)30(33(4,5)6)37-32-36-18(2)29(45-32)19(3)39/h11-12,16,20-21,23-24,30H,7-10,13-15,17H2,1-6H3,(H,36,37)/t21-,23-,24+,30-/m1/s1. The maximum atomic E-state index is 14.4. The van der Waals surface area contributed by atoms with Crippen molar-refractivity contribution in [1.82, 2.24) is 14.9 Å². The molecule has 244 valence electrons. The molecule has 2 aliphatic rings. The molecular formula is C33H43ClN4O6S. The fraction of sp³-hybridized carbons (Fsp3) is 0.606. The number of ether oxygens (including phenoxy) is 1. The minimum Gasteiger partial charge on any atom is -0.472 e. The minimum absolute atomic E-state index is 0.107. The number of hydrogen-bond donors (Lipinski definition) is 1. The van der Waals surface area contributed by atoms with Crippen LogP contribution in [0.1, 0.15) is 94.9 Å². The van der Waals surface area contributed by atoms with E-state index in [9.17, 15) is 24.0 Å². The van der Waals surface area contributed by atoms with E-state index in [2.05, 4.69) is 15.3 Å². The Hall–Kier alpha value is -3.18. The highest BCUT2D eigenvalue weighted by molar-refractivity contribution is 7.17. The first-order chi connectivity index (χ1) is 21.2. The lowest BCUT2D eigenvalue weighted by Crippen LogP contribution is -2.53. The van der Waals surface area contributed by atoms with E-state index >= 15 is 0 Å². The van der Waals surface area contributed by atoms with Gasteiger partial charge < -0.3 is 15.0 Å². The van der Waals surface area contributed by atoms with Crippen molar-refractivity contribution < 1.29 is 28.7 Å². The van der Waals surface area contributed by atoms with Crippen molar-refractivity contribution in [3.63, 3.8) is 0 Å². The molecule has 1 amide bonds. The van der Waals surface area contributed by atoms with Crippen molar-refractivity contribution in [3.05, 3.63) is 33.9 Å². The summed E-state index contributed by atoms with van der Waals surface area (Å²) in [5.74, 6) is -1.73. The molecule has 1 aliphatic carbocycles. The monoisotopic (exact) mass is 658 g/mol. The first-order valence-corrected chi connectivity index (χ1v) is 16.8. The van der Waals surface area contributed by atoms with Gasteiger partial charge in [0.2, 0.25) is 17.6 Å². The number of amides is 1. The number of aromatic nitrogens is 2. The van der Waals surface area contributed by atoms with Crippen LogP contribution in [0.2, 0.25) is 5.02 Å². The number of nitrogens with zero attached hydrogens (tertiary/aromatic N) is 3. The highest BCUT2D eigenvalue weighted by Crippen LogP contribution is 2.35. The van der Waals surface area contributed by atoms with Gasteiger partial charge in [0.25, 0.3) is 0 Å². The average molecular weight is 659 g/mol. The van der Waals surface area contributed by atoms with Gasteiger partial charge in [-0.25, -0.2) is 9.97 Å². The highest BCUT2D eigenvalue weighted by Gasteiger charge is 2.46. The van der Waals surface area contributed by atoms with Crippen LogP contribution in [0.15, 0.2) is 18.3 Å². The Morgan fingerprint density at radius 2 is 1.89 bits per heavy atom. The number of likely N-dealkylation sites (tertiary alicyclic amines) is 1. The Morgan fingerprint density at radius 1 is 1.18 bits per heavy atom. The first kappa shape index (κ1) is 34.7. The predicted molar refractivity (Wildman–Crippen MR) is 173 cm³/mol. The van der Waals surface area contributed by atoms with Crippen LogP contribution in [0.5, 0.6) is 5.88 Å². The van der Waals surface area contributed by atoms with Gasteiger partial charge in [0, 0.05) is 44.4 Å². The molecule has 1 saturated heterocycles. The topological polar surface area (TPSA) is 136 Å². The van der Waals surface area contributed by atoms with Crippen LogP contribution in [-0.2, 0) is 19.2 Å². The normalized spacial score (nSPS) is 19.6. The summed E-state index contributed by atoms with van der Waals surface area (Å²) in [6, 6.07) is 1.62. The van der Waals surface area contributed by atoms with Gasteiger partial charge in [-0.15, -0.1) is 0 Å². The van der Waals surface area contributed by atoms with Gasteiger partial charge in [-0.1, -0.05) is 57.1 Å². The van der Waals surface area contributed by atoms with Crippen LogP contribution < -0.4 is 10.1 Å². The summed E-state index contributed by atoms with van der Waals surface area (Å²) >= 11 is 7.17. The Morgan fingerprint density at radius 3 is 2.44 bits per heavy atom. The third-order valence-corrected chi connectivity index (χ3v) is 9.72. The molecule has 10 nitrogen and oxygen atoms in total. The minimum atomic E-state index is -0.863. The molecule has 2 aromatic rings. The van der Waals surface area contributed by atoms with Gasteiger partial charge in [0.05, 0.1) is 28.2 Å². The second kappa shape index (κ2) is 14.5. The summed E-state index contributed by atoms with van der Waals surface area (Å²) < 4.78 is 6.10. The lowest BCUT2D eigenvalue weighted by molar-refractivity contribution is -0.142. The summed E-state index contributed by atoms with van der Waals surface area (Å²) in [5.41, 5.74) is -0.0242. The molecule has 0 bridgehead atoms. The van der Waals surface area contributed by atoms with Crippen molar-refractivity contribution >= 4 is 57.1 Å². The van der Waals surface area contributed by atoms with E-state index in [1.54, 1.807) is 19.1 Å². The Bertz CT molecular complexity index is 1430. The third kappa shape index (κ3) is 8.97. The van der Waals surface area contributed by atoms with Crippen LogP contribution in [0.3, 0.4) is 0 Å². The zero-order valence-electron chi connectivity index (χ0n) is 26.9. The van der Waals surface area contributed by atoms with E-state index in [1.807, 2.05) is 27.7 Å². The molecule has 12 heteroatoms. The molecule has 1 N–H and O–H groups in total. The van der Waals surface area contributed by atoms with Crippen LogP contribution in [0.25, 0.3) is 0 Å². The molecule has 1 aliphatic heterocycles. The van der Waals surface area contributed by atoms with E-state index in [1.165, 1.54) is 29.4 Å². The van der Waals surface area contributed by atoms with Crippen LogP contribution in [0, 0.1) is 24.2 Å². The van der Waals surface area contributed by atoms with Crippen molar-refractivity contribution in [3.8, 4) is 5.88 Å². The molecule has 2 aromatic heterocycles. The highest BCUT2D eigenvalue weighted by atomic mass is 35.5. The number of carbonyl (C=O) groups excluding carboxylic acids is 5. The second-order valence-electron chi connectivity index (χ2n) is 13.3. The van der Waals surface area contributed by atoms with Crippen LogP contribution >= 0.6 is 22.9 Å². The number of hydrogen-bond acceptors (Lipinski definition) is 10. The molecule has 4 rings (SSSR count). The number of anilines is 1. The molecule has 0 spiro atoms.